The molecule has 5 rings (SSSR count). The number of carbonyl (C=O) groups excluding carboxylic acids is 1. The van der Waals surface area contributed by atoms with Crippen LogP contribution in [-0.2, 0) is 0 Å². The first kappa shape index (κ1) is 17.3. The van der Waals surface area contributed by atoms with Crippen molar-refractivity contribution in [1.29, 1.82) is 0 Å². The fraction of sp³-hybridized carbons (Fsp3) is 0.174. The van der Waals surface area contributed by atoms with E-state index in [0.29, 0.717) is 17.9 Å². The quantitative estimate of drug-likeness (QED) is 0.517. The average Bonchev–Trinajstić information content (AvgIpc) is 3.17. The van der Waals surface area contributed by atoms with Gasteiger partial charge in [-0.05, 0) is 35.4 Å². The summed E-state index contributed by atoms with van der Waals surface area (Å²) in [4.78, 5) is 13.8. The summed E-state index contributed by atoms with van der Waals surface area (Å²) in [6.07, 6.45) is -0.531. The van der Waals surface area contributed by atoms with Gasteiger partial charge in [-0.1, -0.05) is 70.5 Å². The molecule has 4 nitrogen and oxygen atoms in total. The third kappa shape index (κ3) is 2.53. The summed E-state index contributed by atoms with van der Waals surface area (Å²) in [5.41, 5.74) is 1.42. The molecule has 0 aromatic heterocycles. The Morgan fingerprint density at radius 3 is 2.39 bits per heavy atom. The van der Waals surface area contributed by atoms with E-state index in [2.05, 4.69) is 26.2 Å². The van der Waals surface area contributed by atoms with Crippen molar-refractivity contribution in [2.45, 2.75) is 17.6 Å². The van der Waals surface area contributed by atoms with Crippen molar-refractivity contribution in [2.24, 2.45) is 10.2 Å². The Labute approximate surface area is 171 Å². The van der Waals surface area contributed by atoms with E-state index >= 15 is 0 Å². The first-order valence-corrected chi connectivity index (χ1v) is 9.99. The van der Waals surface area contributed by atoms with Crippen LogP contribution >= 0.6 is 15.9 Å². The zero-order chi connectivity index (χ0) is 19.1. The van der Waals surface area contributed by atoms with E-state index in [4.69, 9.17) is 4.74 Å². The number of ether oxygens (including phenoxy) is 1. The number of fused-ring (bicyclic) bond motifs is 1. The number of hydrogen-bond donors (Lipinski definition) is 0. The van der Waals surface area contributed by atoms with Crippen LogP contribution in [0.1, 0.15) is 33.5 Å². The molecule has 0 amide bonds. The van der Waals surface area contributed by atoms with Gasteiger partial charge in [0.25, 0.3) is 0 Å². The second-order valence-corrected chi connectivity index (χ2v) is 8.00. The lowest BCUT2D eigenvalue weighted by atomic mass is 9.69. The normalized spacial score (nSPS) is 25.5. The highest BCUT2D eigenvalue weighted by atomic mass is 79.9. The Morgan fingerprint density at radius 1 is 0.893 bits per heavy atom. The summed E-state index contributed by atoms with van der Waals surface area (Å²) < 4.78 is 7.41. The molecule has 1 spiro atoms. The van der Waals surface area contributed by atoms with Crippen LogP contribution in [0, 0.1) is 0 Å². The summed E-state index contributed by atoms with van der Waals surface area (Å²) in [5.74, 6) is 0.382. The minimum Gasteiger partial charge on any atom is -0.482 e. The number of rotatable bonds is 2. The van der Waals surface area contributed by atoms with Crippen molar-refractivity contribution in [3.8, 4) is 5.75 Å². The Kier molecular flexibility index (Phi) is 4.13. The number of ketones is 1. The van der Waals surface area contributed by atoms with Crippen LogP contribution in [0.4, 0.5) is 0 Å². The van der Waals surface area contributed by atoms with Gasteiger partial charge in [-0.25, -0.2) is 0 Å². The zero-order valence-corrected chi connectivity index (χ0v) is 16.5. The smallest absolute Gasteiger partial charge is 0.200 e. The molecule has 0 fully saturated rings. The molecule has 138 valence electrons. The molecule has 2 aliphatic rings. The molecule has 28 heavy (non-hydrogen) atoms. The van der Waals surface area contributed by atoms with E-state index < -0.39 is 11.6 Å². The summed E-state index contributed by atoms with van der Waals surface area (Å²) in [7, 11) is 0. The summed E-state index contributed by atoms with van der Waals surface area (Å²) >= 11 is 3.48. The number of azo groups is 1. The standard InChI is InChI=1S/C23H17BrN2O2/c24-17-12-10-15(11-13-17)19-14-25-26-23(19)21(27)18-8-4-5-9-20(18)28-22(23)16-6-2-1-3-7-16/h1-13,19,22H,14H2. The predicted molar refractivity (Wildman–Crippen MR) is 110 cm³/mol. The molecular formula is C23H17BrN2O2. The minimum atomic E-state index is -1.11. The largest absolute Gasteiger partial charge is 0.482 e. The number of benzene rings is 3. The number of halogens is 1. The van der Waals surface area contributed by atoms with Crippen LogP contribution in [-0.4, -0.2) is 17.9 Å². The highest BCUT2D eigenvalue weighted by Crippen LogP contribution is 2.52. The van der Waals surface area contributed by atoms with Gasteiger partial charge >= 0.3 is 0 Å². The summed E-state index contributed by atoms with van der Waals surface area (Å²) in [6.45, 7) is 0.461. The van der Waals surface area contributed by atoms with Gasteiger partial charge in [-0.3, -0.25) is 4.79 Å². The van der Waals surface area contributed by atoms with Crippen LogP contribution in [0.5, 0.6) is 5.75 Å². The molecule has 5 heteroatoms. The molecule has 0 radical (unpaired) electrons. The lowest BCUT2D eigenvalue weighted by Gasteiger charge is -2.41. The molecule has 3 aromatic rings. The Morgan fingerprint density at radius 2 is 1.61 bits per heavy atom. The first-order chi connectivity index (χ1) is 13.7. The average molecular weight is 433 g/mol. The van der Waals surface area contributed by atoms with E-state index in [9.17, 15) is 4.79 Å². The van der Waals surface area contributed by atoms with Gasteiger partial charge in [0.2, 0.25) is 5.78 Å². The van der Waals surface area contributed by atoms with Crippen LogP contribution < -0.4 is 4.74 Å². The fourth-order valence-electron chi connectivity index (χ4n) is 4.20. The molecule has 0 N–H and O–H groups in total. The third-order valence-electron chi connectivity index (χ3n) is 5.55. The summed E-state index contributed by atoms with van der Waals surface area (Å²) in [5, 5.41) is 8.94. The van der Waals surface area contributed by atoms with Crippen molar-refractivity contribution in [2.75, 3.05) is 6.54 Å². The number of nitrogens with zero attached hydrogens (tertiary/aromatic N) is 2. The number of carbonyl (C=O) groups is 1. The van der Waals surface area contributed by atoms with Crippen molar-refractivity contribution in [1.82, 2.24) is 0 Å². The predicted octanol–water partition coefficient (Wildman–Crippen LogP) is 5.75. The van der Waals surface area contributed by atoms with Gasteiger partial charge in [0, 0.05) is 10.4 Å². The van der Waals surface area contributed by atoms with Gasteiger partial charge in [-0.2, -0.15) is 10.2 Å². The van der Waals surface area contributed by atoms with E-state index in [1.54, 1.807) is 0 Å². The Bertz CT molecular complexity index is 1070. The van der Waals surface area contributed by atoms with Gasteiger partial charge in [0.1, 0.15) is 5.75 Å². The van der Waals surface area contributed by atoms with Crippen molar-refractivity contribution < 1.29 is 9.53 Å². The lowest BCUT2D eigenvalue weighted by molar-refractivity contribution is 0.0521. The maximum Gasteiger partial charge on any atom is 0.200 e. The Hall–Kier alpha value is -2.79. The van der Waals surface area contributed by atoms with Gasteiger partial charge in [0.15, 0.2) is 11.6 Å². The van der Waals surface area contributed by atoms with Gasteiger partial charge in [-0.15, -0.1) is 0 Å². The molecule has 0 saturated heterocycles. The third-order valence-corrected chi connectivity index (χ3v) is 6.07. The molecule has 3 atom stereocenters. The fourth-order valence-corrected chi connectivity index (χ4v) is 4.46. The number of Topliss-reactive ketones (excluding diaryl/α,β-unsaturated/α-hetero) is 1. The molecule has 3 aromatic carbocycles. The molecule has 3 unspecified atom stereocenters. The second-order valence-electron chi connectivity index (χ2n) is 7.09. The number of para-hydroxylation sites is 1. The monoisotopic (exact) mass is 432 g/mol. The zero-order valence-electron chi connectivity index (χ0n) is 15.0. The SMILES string of the molecule is O=C1c2ccccc2OC(c2ccccc2)C12N=NCC2c1ccc(Br)cc1. The van der Waals surface area contributed by atoms with E-state index in [0.717, 1.165) is 15.6 Å². The van der Waals surface area contributed by atoms with E-state index in [1.165, 1.54) is 0 Å². The molecule has 0 aliphatic carbocycles. The van der Waals surface area contributed by atoms with Gasteiger partial charge < -0.3 is 4.74 Å². The first-order valence-electron chi connectivity index (χ1n) is 9.20. The maximum absolute atomic E-state index is 13.8. The topological polar surface area (TPSA) is 51.0 Å². The Balaban J connectivity index is 1.72. The molecule has 2 aliphatic heterocycles. The van der Waals surface area contributed by atoms with E-state index in [1.807, 2.05) is 78.9 Å². The number of hydrogen-bond acceptors (Lipinski definition) is 4. The van der Waals surface area contributed by atoms with Crippen LogP contribution in [0.3, 0.4) is 0 Å². The minimum absolute atomic E-state index is 0.0302. The second kappa shape index (κ2) is 6.67. The highest BCUT2D eigenvalue weighted by molar-refractivity contribution is 9.10. The van der Waals surface area contributed by atoms with Crippen molar-refractivity contribution in [3.63, 3.8) is 0 Å². The maximum atomic E-state index is 13.8. The van der Waals surface area contributed by atoms with Crippen LogP contribution in [0.2, 0.25) is 0 Å². The van der Waals surface area contributed by atoms with E-state index in [-0.39, 0.29) is 11.7 Å². The molecule has 0 bridgehead atoms. The van der Waals surface area contributed by atoms with Crippen LogP contribution in [0.15, 0.2) is 93.6 Å². The molecule has 0 saturated carbocycles. The summed E-state index contributed by atoms with van der Waals surface area (Å²) in [6, 6.07) is 25.3. The molecule has 2 heterocycles. The molecular weight excluding hydrogens is 416 g/mol. The van der Waals surface area contributed by atoms with Gasteiger partial charge in [0.05, 0.1) is 12.1 Å². The van der Waals surface area contributed by atoms with Crippen molar-refractivity contribution in [3.05, 3.63) is 100 Å². The highest BCUT2D eigenvalue weighted by Gasteiger charge is 2.60. The lowest BCUT2D eigenvalue weighted by Crippen LogP contribution is -2.51. The van der Waals surface area contributed by atoms with Crippen molar-refractivity contribution >= 4 is 21.7 Å². The van der Waals surface area contributed by atoms with Crippen LogP contribution in [0.25, 0.3) is 0 Å².